The topological polar surface area (TPSA) is 93.6 Å². The van der Waals surface area contributed by atoms with Gasteiger partial charge >= 0.3 is 5.63 Å². The Hall–Kier alpha value is -1.12. The van der Waals surface area contributed by atoms with Crippen LogP contribution in [0.5, 0.6) is 0 Å². The van der Waals surface area contributed by atoms with Crippen LogP contribution in [0.15, 0.2) is 27.4 Å². The van der Waals surface area contributed by atoms with Crippen LogP contribution in [0, 0.1) is 19.8 Å². The molecule has 0 aliphatic carbocycles. The summed E-state index contributed by atoms with van der Waals surface area (Å²) in [5, 5.41) is 0.540. The van der Waals surface area contributed by atoms with Crippen molar-refractivity contribution in [2.75, 3.05) is 18.8 Å². The van der Waals surface area contributed by atoms with Gasteiger partial charge in [-0.25, -0.2) is 13.2 Å². The number of hydrogen-bond donors (Lipinski definition) is 1. The highest BCUT2D eigenvalue weighted by Gasteiger charge is 2.50. The lowest BCUT2D eigenvalue weighted by atomic mass is 10.0. The normalized spacial score (nSPS) is 26.4. The zero-order chi connectivity index (χ0) is 17.9. The van der Waals surface area contributed by atoms with Gasteiger partial charge in [-0.05, 0) is 36.6 Å². The molecule has 0 amide bonds. The van der Waals surface area contributed by atoms with Crippen LogP contribution < -0.4 is 11.4 Å². The SMILES string of the molecule is Cc1cc(C)c2oc(=O)cc(CN3C[C@H]4[C@H](N)CS(=O)(=O)[C@H]4C3)c2c1.Cl.Cl. The Labute approximate surface area is 170 Å². The minimum atomic E-state index is -3.11. The largest absolute Gasteiger partial charge is 0.422 e. The highest BCUT2D eigenvalue weighted by Crippen LogP contribution is 2.34. The van der Waals surface area contributed by atoms with Crippen molar-refractivity contribution in [3.8, 4) is 0 Å². The first-order chi connectivity index (χ1) is 11.7. The van der Waals surface area contributed by atoms with E-state index in [-0.39, 0.29) is 53.4 Å². The van der Waals surface area contributed by atoms with Crippen molar-refractivity contribution in [3.05, 3.63) is 45.3 Å². The van der Waals surface area contributed by atoms with Gasteiger partial charge in [0.1, 0.15) is 5.58 Å². The molecular weight excluding hydrogens is 411 g/mol. The van der Waals surface area contributed by atoms with Crippen LogP contribution in [-0.4, -0.2) is 43.5 Å². The van der Waals surface area contributed by atoms with Crippen molar-refractivity contribution in [2.24, 2.45) is 11.7 Å². The Morgan fingerprint density at radius 2 is 1.89 bits per heavy atom. The highest BCUT2D eigenvalue weighted by molar-refractivity contribution is 7.92. The van der Waals surface area contributed by atoms with E-state index in [4.69, 9.17) is 10.2 Å². The van der Waals surface area contributed by atoms with Gasteiger partial charge in [-0.3, -0.25) is 4.90 Å². The second-order valence-electron chi connectivity index (χ2n) is 7.44. The second kappa shape index (κ2) is 7.72. The smallest absolute Gasteiger partial charge is 0.336 e. The van der Waals surface area contributed by atoms with Crippen LogP contribution >= 0.6 is 24.8 Å². The average Bonchev–Trinajstić information content (AvgIpc) is 3.00. The van der Waals surface area contributed by atoms with E-state index in [2.05, 4.69) is 4.90 Å². The summed E-state index contributed by atoms with van der Waals surface area (Å²) < 4.78 is 29.9. The molecule has 2 aliphatic rings. The number of sulfone groups is 1. The predicted octanol–water partition coefficient (Wildman–Crippen LogP) is 1.81. The third-order valence-electron chi connectivity index (χ3n) is 5.47. The van der Waals surface area contributed by atoms with Crippen molar-refractivity contribution in [2.45, 2.75) is 31.7 Å². The summed E-state index contributed by atoms with van der Waals surface area (Å²) in [6, 6.07) is 5.23. The Bertz CT molecular complexity index is 1020. The summed E-state index contributed by atoms with van der Waals surface area (Å²) in [6.45, 7) is 5.59. The van der Waals surface area contributed by atoms with Crippen molar-refractivity contribution < 1.29 is 12.8 Å². The van der Waals surface area contributed by atoms with Gasteiger partial charge in [0.25, 0.3) is 0 Å². The Balaban J connectivity index is 0.00000131. The molecule has 9 heteroatoms. The molecule has 2 aliphatic heterocycles. The van der Waals surface area contributed by atoms with Gasteiger partial charge in [-0.1, -0.05) is 6.07 Å². The van der Waals surface area contributed by atoms with E-state index in [0.29, 0.717) is 25.2 Å². The molecule has 2 saturated heterocycles. The molecule has 0 spiro atoms. The Morgan fingerprint density at radius 1 is 1.19 bits per heavy atom. The van der Waals surface area contributed by atoms with Crippen molar-refractivity contribution in [3.63, 3.8) is 0 Å². The number of fused-ring (bicyclic) bond motifs is 2. The zero-order valence-electron chi connectivity index (χ0n) is 15.2. The van der Waals surface area contributed by atoms with E-state index >= 15 is 0 Å². The third kappa shape index (κ3) is 3.89. The fourth-order valence-electron chi connectivity index (χ4n) is 4.37. The molecule has 2 aromatic rings. The van der Waals surface area contributed by atoms with Gasteiger partial charge in [0.2, 0.25) is 0 Å². The molecule has 2 fully saturated rings. The van der Waals surface area contributed by atoms with Gasteiger partial charge in [-0.15, -0.1) is 24.8 Å². The maximum absolute atomic E-state index is 12.2. The number of halogens is 2. The van der Waals surface area contributed by atoms with Gasteiger partial charge in [0, 0.05) is 43.0 Å². The molecule has 1 aromatic carbocycles. The molecule has 3 atom stereocenters. The highest BCUT2D eigenvalue weighted by atomic mass is 35.5. The van der Waals surface area contributed by atoms with Crippen LogP contribution in [0.25, 0.3) is 11.0 Å². The van der Waals surface area contributed by atoms with Gasteiger partial charge in [-0.2, -0.15) is 0 Å². The fraction of sp³-hybridized carbons (Fsp3) is 0.500. The Morgan fingerprint density at radius 3 is 2.56 bits per heavy atom. The summed E-state index contributed by atoms with van der Waals surface area (Å²) in [5.41, 5.74) is 9.17. The van der Waals surface area contributed by atoms with E-state index in [1.165, 1.54) is 6.07 Å². The molecule has 0 radical (unpaired) electrons. The third-order valence-corrected chi connectivity index (χ3v) is 7.74. The van der Waals surface area contributed by atoms with E-state index < -0.39 is 9.84 Å². The first kappa shape index (κ1) is 22.2. The molecule has 6 nitrogen and oxygen atoms in total. The Kier molecular flexibility index (Phi) is 6.34. The number of nitrogens with zero attached hydrogens (tertiary/aromatic N) is 1. The number of hydrogen-bond acceptors (Lipinski definition) is 6. The van der Waals surface area contributed by atoms with Crippen LogP contribution in [0.2, 0.25) is 0 Å². The second-order valence-corrected chi connectivity index (χ2v) is 9.70. The van der Waals surface area contributed by atoms with E-state index in [9.17, 15) is 13.2 Å². The first-order valence-corrected chi connectivity index (χ1v) is 10.2. The van der Waals surface area contributed by atoms with Crippen LogP contribution in [0.4, 0.5) is 0 Å². The number of aryl methyl sites for hydroxylation is 2. The summed E-state index contributed by atoms with van der Waals surface area (Å²) >= 11 is 0. The van der Waals surface area contributed by atoms with E-state index in [0.717, 1.165) is 22.1 Å². The summed E-state index contributed by atoms with van der Waals surface area (Å²) in [6.07, 6.45) is 0. The minimum Gasteiger partial charge on any atom is -0.422 e. The fourth-order valence-corrected chi connectivity index (χ4v) is 6.66. The molecule has 1 aromatic heterocycles. The molecule has 4 rings (SSSR count). The van der Waals surface area contributed by atoms with Gasteiger partial charge in [0.05, 0.1) is 11.0 Å². The number of benzene rings is 1. The van der Waals surface area contributed by atoms with Crippen molar-refractivity contribution in [1.82, 2.24) is 4.90 Å². The molecule has 0 saturated carbocycles. The minimum absolute atomic E-state index is 0. The molecular formula is C18H24Cl2N2O4S. The average molecular weight is 435 g/mol. The molecule has 0 unspecified atom stereocenters. The molecule has 2 N–H and O–H groups in total. The van der Waals surface area contributed by atoms with E-state index in [1.54, 1.807) is 0 Å². The number of nitrogens with two attached hydrogens (primary N) is 1. The lowest BCUT2D eigenvalue weighted by Gasteiger charge is -2.19. The standard InChI is InChI=1S/C18H22N2O4S.2ClH/c1-10-3-11(2)18-13(4-10)12(5-17(21)24-18)6-20-7-14-15(19)9-25(22,23)16(14)8-20;;/h3-5,14-16H,6-9,19H2,1-2H3;2*1H/t14-,15+,16-;;/m0../s1. The predicted molar refractivity (Wildman–Crippen MR) is 111 cm³/mol. The molecule has 0 bridgehead atoms. The molecule has 27 heavy (non-hydrogen) atoms. The molecule has 150 valence electrons. The van der Waals surface area contributed by atoms with E-state index in [1.807, 2.05) is 26.0 Å². The quantitative estimate of drug-likeness (QED) is 0.724. The van der Waals surface area contributed by atoms with Crippen LogP contribution in [0.1, 0.15) is 16.7 Å². The number of rotatable bonds is 2. The number of likely N-dealkylation sites (tertiary alicyclic amines) is 1. The molecule has 3 heterocycles. The zero-order valence-corrected chi connectivity index (χ0v) is 17.6. The summed E-state index contributed by atoms with van der Waals surface area (Å²) in [7, 11) is -3.11. The maximum atomic E-state index is 12.2. The monoisotopic (exact) mass is 434 g/mol. The first-order valence-electron chi connectivity index (χ1n) is 8.48. The maximum Gasteiger partial charge on any atom is 0.336 e. The lowest BCUT2D eigenvalue weighted by molar-refractivity contribution is 0.308. The summed E-state index contributed by atoms with van der Waals surface area (Å²) in [5.74, 6) is 0.0757. The van der Waals surface area contributed by atoms with Crippen LogP contribution in [0.3, 0.4) is 0 Å². The van der Waals surface area contributed by atoms with Crippen molar-refractivity contribution >= 4 is 45.6 Å². The summed E-state index contributed by atoms with van der Waals surface area (Å²) in [4.78, 5) is 14.1. The lowest BCUT2D eigenvalue weighted by Crippen LogP contribution is -2.33. The van der Waals surface area contributed by atoms with Crippen molar-refractivity contribution in [1.29, 1.82) is 0 Å². The van der Waals surface area contributed by atoms with Crippen LogP contribution in [-0.2, 0) is 16.4 Å². The van der Waals surface area contributed by atoms with Gasteiger partial charge < -0.3 is 10.2 Å². The van der Waals surface area contributed by atoms with Gasteiger partial charge in [0.15, 0.2) is 9.84 Å².